The first-order chi connectivity index (χ1) is 17.1. The number of carbonyl (C=O) groups is 1. The summed E-state index contributed by atoms with van der Waals surface area (Å²) in [6.45, 7) is 9.02. The molecule has 36 heavy (non-hydrogen) atoms. The van der Waals surface area contributed by atoms with E-state index in [1.807, 2.05) is 0 Å². The Bertz CT molecular complexity index is 1090. The number of para-hydroxylation sites is 1. The van der Waals surface area contributed by atoms with Crippen LogP contribution in [0.15, 0.2) is 24.4 Å². The number of aromatic carboxylic acids is 1. The van der Waals surface area contributed by atoms with E-state index >= 15 is 0 Å². The average molecular weight is 501 g/mol. The molecule has 1 aliphatic heterocycles. The van der Waals surface area contributed by atoms with Crippen molar-refractivity contribution in [2.24, 2.45) is 5.92 Å². The number of piperidine rings is 1. The molecule has 12 heteroatoms. The largest absolute Gasteiger partial charge is 0.477 e. The fraction of sp³-hybridized carbons (Fsp3) is 0.542. The standard InChI is InChI=1S/C17H28N4.C7H4N2O6/c1-4-7-18-17-19-11-14-10-16-13(9-15(14)20-17)6-5-8-21(16)12(2)3;10-7(11)4-2-1-3-5(8(12)13)6(4)9(14)15/h11-13,16H,4-10H2,1-3H3,(H,18,19,20);1-3H,(H,10,11)/t13-,16-;/m1./s1. The number of carboxylic acid groups (broad SMARTS) is 1. The molecule has 1 aromatic heterocycles. The van der Waals surface area contributed by atoms with Crippen LogP contribution in [0.3, 0.4) is 0 Å². The van der Waals surface area contributed by atoms with Gasteiger partial charge in [0.25, 0.3) is 0 Å². The van der Waals surface area contributed by atoms with Gasteiger partial charge in [-0.2, -0.15) is 0 Å². The fourth-order valence-electron chi connectivity index (χ4n) is 4.96. The molecule has 2 heterocycles. The number of likely N-dealkylation sites (tertiary alicyclic amines) is 1. The normalized spacial score (nSPS) is 18.9. The third-order valence-electron chi connectivity index (χ3n) is 6.62. The predicted octanol–water partition coefficient (Wildman–Crippen LogP) is 4.09. The van der Waals surface area contributed by atoms with E-state index in [4.69, 9.17) is 10.1 Å². The molecular formula is C24H32N6O6. The number of aromatic nitrogens is 2. The number of carboxylic acids is 1. The summed E-state index contributed by atoms with van der Waals surface area (Å²) in [6.07, 6.45) is 8.12. The van der Waals surface area contributed by atoms with Gasteiger partial charge in [-0.25, -0.2) is 14.8 Å². The van der Waals surface area contributed by atoms with E-state index in [-0.39, 0.29) is 0 Å². The smallest absolute Gasteiger partial charge is 0.360 e. The van der Waals surface area contributed by atoms with Crippen molar-refractivity contribution in [2.45, 2.75) is 65.0 Å². The highest BCUT2D eigenvalue weighted by Gasteiger charge is 2.37. The number of nitrogens with one attached hydrogen (secondary N) is 1. The van der Waals surface area contributed by atoms with E-state index in [9.17, 15) is 25.0 Å². The van der Waals surface area contributed by atoms with Crippen LogP contribution in [0.25, 0.3) is 0 Å². The van der Waals surface area contributed by atoms with E-state index < -0.39 is 32.8 Å². The van der Waals surface area contributed by atoms with Crippen LogP contribution in [0.4, 0.5) is 17.3 Å². The molecule has 1 saturated heterocycles. The summed E-state index contributed by atoms with van der Waals surface area (Å²) in [5.74, 6) is 0.0125. The van der Waals surface area contributed by atoms with E-state index in [0.29, 0.717) is 12.1 Å². The molecule has 0 bridgehead atoms. The van der Waals surface area contributed by atoms with Gasteiger partial charge in [-0.15, -0.1) is 0 Å². The van der Waals surface area contributed by atoms with Gasteiger partial charge >= 0.3 is 17.3 Å². The molecule has 2 aromatic rings. The Morgan fingerprint density at radius 1 is 1.25 bits per heavy atom. The minimum atomic E-state index is -1.58. The lowest BCUT2D eigenvalue weighted by Gasteiger charge is -2.46. The van der Waals surface area contributed by atoms with Crippen molar-refractivity contribution in [3.63, 3.8) is 0 Å². The lowest BCUT2D eigenvalue weighted by molar-refractivity contribution is -0.422. The van der Waals surface area contributed by atoms with Crippen LogP contribution in [0.1, 0.15) is 61.6 Å². The summed E-state index contributed by atoms with van der Waals surface area (Å²) < 4.78 is 0. The van der Waals surface area contributed by atoms with Crippen LogP contribution < -0.4 is 5.32 Å². The molecule has 194 valence electrons. The number of anilines is 1. The molecule has 0 radical (unpaired) electrons. The first kappa shape index (κ1) is 26.9. The summed E-state index contributed by atoms with van der Waals surface area (Å²) >= 11 is 0. The van der Waals surface area contributed by atoms with Crippen molar-refractivity contribution in [3.8, 4) is 0 Å². The van der Waals surface area contributed by atoms with Gasteiger partial charge in [0.1, 0.15) is 5.56 Å². The van der Waals surface area contributed by atoms with Crippen LogP contribution in [0.2, 0.25) is 0 Å². The number of nitro groups is 2. The number of hydrogen-bond donors (Lipinski definition) is 2. The molecule has 1 aromatic carbocycles. The van der Waals surface area contributed by atoms with E-state index in [2.05, 4.69) is 42.2 Å². The van der Waals surface area contributed by atoms with Crippen LogP contribution >= 0.6 is 0 Å². The minimum Gasteiger partial charge on any atom is -0.477 e. The van der Waals surface area contributed by atoms with Crippen molar-refractivity contribution in [3.05, 3.63) is 61.4 Å². The zero-order valence-corrected chi connectivity index (χ0v) is 20.7. The van der Waals surface area contributed by atoms with Gasteiger partial charge in [0.15, 0.2) is 0 Å². The van der Waals surface area contributed by atoms with Gasteiger partial charge in [-0.1, -0.05) is 13.0 Å². The zero-order chi connectivity index (χ0) is 26.4. The Balaban J connectivity index is 0.000000214. The number of rotatable bonds is 7. The molecule has 2 N–H and O–H groups in total. The Morgan fingerprint density at radius 2 is 2.00 bits per heavy atom. The van der Waals surface area contributed by atoms with Gasteiger partial charge in [-0.3, -0.25) is 25.1 Å². The Kier molecular flexibility index (Phi) is 8.86. The maximum absolute atomic E-state index is 10.6. The van der Waals surface area contributed by atoms with Gasteiger partial charge in [0.05, 0.1) is 9.85 Å². The molecule has 1 aliphatic carbocycles. The predicted molar refractivity (Wildman–Crippen MR) is 133 cm³/mol. The van der Waals surface area contributed by atoms with Crippen molar-refractivity contribution in [2.75, 3.05) is 18.4 Å². The minimum absolute atomic E-state index is 0.644. The van der Waals surface area contributed by atoms with E-state index in [0.717, 1.165) is 55.9 Å². The molecule has 4 rings (SSSR count). The van der Waals surface area contributed by atoms with Gasteiger partial charge < -0.3 is 10.4 Å². The molecular weight excluding hydrogens is 468 g/mol. The topological polar surface area (TPSA) is 165 Å². The van der Waals surface area contributed by atoms with Crippen molar-refractivity contribution < 1.29 is 19.7 Å². The second kappa shape index (κ2) is 11.8. The van der Waals surface area contributed by atoms with Crippen LogP contribution in [-0.2, 0) is 12.8 Å². The van der Waals surface area contributed by atoms with Gasteiger partial charge in [-0.05, 0) is 70.0 Å². The molecule has 2 aliphatic rings. The Morgan fingerprint density at radius 3 is 2.61 bits per heavy atom. The second-order valence-electron chi connectivity index (χ2n) is 9.29. The third kappa shape index (κ3) is 6.11. The van der Waals surface area contributed by atoms with Crippen LogP contribution in [-0.4, -0.2) is 61.0 Å². The fourth-order valence-corrected chi connectivity index (χ4v) is 4.96. The number of hydrogen-bond acceptors (Lipinski definition) is 9. The zero-order valence-electron chi connectivity index (χ0n) is 20.7. The lowest BCUT2D eigenvalue weighted by atomic mass is 9.77. The summed E-state index contributed by atoms with van der Waals surface area (Å²) in [5, 5.41) is 32.8. The summed E-state index contributed by atoms with van der Waals surface area (Å²) in [7, 11) is 0. The molecule has 2 atom stereocenters. The number of nitro benzene ring substituents is 2. The molecule has 0 spiro atoms. The van der Waals surface area contributed by atoms with Gasteiger partial charge in [0.2, 0.25) is 5.95 Å². The van der Waals surface area contributed by atoms with E-state index in [1.54, 1.807) is 0 Å². The molecule has 0 amide bonds. The monoisotopic (exact) mass is 500 g/mol. The highest BCUT2D eigenvalue weighted by Crippen LogP contribution is 2.35. The van der Waals surface area contributed by atoms with E-state index in [1.165, 1.54) is 30.6 Å². The van der Waals surface area contributed by atoms with Crippen molar-refractivity contribution in [1.29, 1.82) is 0 Å². The first-order valence-corrected chi connectivity index (χ1v) is 12.1. The third-order valence-corrected chi connectivity index (χ3v) is 6.62. The summed E-state index contributed by atoms with van der Waals surface area (Å²) in [5.41, 5.74) is 0.116. The van der Waals surface area contributed by atoms with Crippen molar-refractivity contribution >= 4 is 23.3 Å². The maximum atomic E-state index is 10.6. The highest BCUT2D eigenvalue weighted by atomic mass is 16.6. The van der Waals surface area contributed by atoms with Gasteiger partial charge in [0, 0.05) is 36.6 Å². The SMILES string of the molecule is CCCNc1ncc2c(n1)C[C@H]1CCCN(C(C)C)[C@@H]1C2.O=C(O)c1cccc([N+](=O)[O-])c1[N+](=O)[O-]. The quantitative estimate of drug-likeness (QED) is 0.418. The summed E-state index contributed by atoms with van der Waals surface area (Å²) in [4.78, 5) is 41.4. The van der Waals surface area contributed by atoms with Crippen molar-refractivity contribution in [1.82, 2.24) is 14.9 Å². The summed E-state index contributed by atoms with van der Waals surface area (Å²) in [6, 6.07) is 4.24. The molecule has 1 fully saturated rings. The first-order valence-electron chi connectivity index (χ1n) is 12.1. The second-order valence-corrected chi connectivity index (χ2v) is 9.29. The highest BCUT2D eigenvalue weighted by molar-refractivity contribution is 5.94. The van der Waals surface area contributed by atoms with Crippen LogP contribution in [0, 0.1) is 26.1 Å². The number of fused-ring (bicyclic) bond motifs is 2. The average Bonchev–Trinajstić information content (AvgIpc) is 2.85. The number of benzene rings is 1. The maximum Gasteiger partial charge on any atom is 0.360 e. The Labute approximate surface area is 209 Å². The molecule has 0 unspecified atom stereocenters. The molecule has 12 nitrogen and oxygen atoms in total. The number of nitrogens with zero attached hydrogens (tertiary/aromatic N) is 5. The molecule has 0 saturated carbocycles. The van der Waals surface area contributed by atoms with Crippen LogP contribution in [0.5, 0.6) is 0 Å². The lowest BCUT2D eigenvalue weighted by Crippen LogP contribution is -2.52. The Hall–Kier alpha value is -3.67.